The van der Waals surface area contributed by atoms with E-state index in [-0.39, 0.29) is 12.1 Å². The Hall–Kier alpha value is -0.610. The van der Waals surface area contributed by atoms with Crippen LogP contribution in [0.2, 0.25) is 0 Å². The van der Waals surface area contributed by atoms with Crippen molar-refractivity contribution in [3.63, 3.8) is 0 Å². The maximum atomic E-state index is 11.6. The van der Waals surface area contributed by atoms with Gasteiger partial charge in [0.05, 0.1) is 32.8 Å². The van der Waals surface area contributed by atoms with E-state index >= 15 is 0 Å². The Morgan fingerprint density at radius 2 is 1.29 bits per heavy atom. The number of carbonyl (C=O) groups excluding carboxylic acids is 1. The molecule has 2 bridgehead atoms. The number of piperidine rings is 1. The lowest BCUT2D eigenvalue weighted by molar-refractivity contribution is -0.931. The lowest BCUT2D eigenvalue weighted by Crippen LogP contribution is -2.54. The second-order valence-corrected chi connectivity index (χ2v) is 12.3. The molecular formula is C31H60NO3+. The van der Waals surface area contributed by atoms with E-state index in [1.54, 1.807) is 0 Å². The van der Waals surface area contributed by atoms with Gasteiger partial charge in [-0.2, -0.15) is 0 Å². The van der Waals surface area contributed by atoms with E-state index in [1.165, 1.54) is 127 Å². The molecule has 0 spiro atoms. The molecule has 0 amide bonds. The van der Waals surface area contributed by atoms with Crippen molar-refractivity contribution in [2.24, 2.45) is 5.92 Å². The maximum Gasteiger partial charge on any atom is 0.302 e. The first-order chi connectivity index (χ1) is 16.9. The lowest BCUT2D eigenvalue weighted by atomic mass is 9.85. The van der Waals surface area contributed by atoms with Crippen molar-refractivity contribution in [3.05, 3.63) is 0 Å². The topological polar surface area (TPSA) is 35.5 Å². The van der Waals surface area contributed by atoms with E-state index in [4.69, 9.17) is 9.47 Å². The monoisotopic (exact) mass is 494 g/mol. The molecule has 2 heterocycles. The average Bonchev–Trinajstić information content (AvgIpc) is 2.98. The van der Waals surface area contributed by atoms with Crippen LogP contribution in [-0.4, -0.2) is 55.9 Å². The second-order valence-electron chi connectivity index (χ2n) is 12.3. The minimum atomic E-state index is -0.170. The van der Waals surface area contributed by atoms with E-state index in [0.29, 0.717) is 6.61 Å². The van der Waals surface area contributed by atoms with Gasteiger partial charge in [0.15, 0.2) is 0 Å². The highest BCUT2D eigenvalue weighted by Crippen LogP contribution is 2.43. The summed E-state index contributed by atoms with van der Waals surface area (Å²) in [5.41, 5.74) is 0. The van der Waals surface area contributed by atoms with Gasteiger partial charge in [0.1, 0.15) is 6.10 Å². The van der Waals surface area contributed by atoms with Crippen LogP contribution in [-0.2, 0) is 14.3 Å². The van der Waals surface area contributed by atoms with E-state index in [9.17, 15) is 4.79 Å². The molecule has 206 valence electrons. The first-order valence-corrected chi connectivity index (χ1v) is 15.5. The molecule has 3 unspecified atom stereocenters. The predicted molar refractivity (Wildman–Crippen MR) is 148 cm³/mol. The third-order valence-corrected chi connectivity index (χ3v) is 9.10. The van der Waals surface area contributed by atoms with Gasteiger partial charge in [-0.15, -0.1) is 0 Å². The quantitative estimate of drug-likeness (QED) is 0.0916. The molecule has 0 saturated carbocycles. The third-order valence-electron chi connectivity index (χ3n) is 9.10. The maximum absolute atomic E-state index is 11.6. The zero-order chi connectivity index (χ0) is 25.4. The summed E-state index contributed by atoms with van der Waals surface area (Å²) in [7, 11) is 4.84. The number of hydrogen-bond acceptors (Lipinski definition) is 3. The molecule has 0 aliphatic carbocycles. The Kier molecular flexibility index (Phi) is 15.5. The van der Waals surface area contributed by atoms with Gasteiger partial charge < -0.3 is 14.0 Å². The fourth-order valence-electron chi connectivity index (χ4n) is 6.67. The summed E-state index contributed by atoms with van der Waals surface area (Å²) in [5, 5.41) is 0. The molecule has 2 saturated heterocycles. The van der Waals surface area contributed by atoms with Gasteiger partial charge in [-0.05, 0) is 25.2 Å². The molecular weight excluding hydrogens is 434 g/mol. The normalized spacial score (nSPS) is 23.9. The Morgan fingerprint density at radius 3 is 1.77 bits per heavy atom. The first kappa shape index (κ1) is 30.6. The summed E-state index contributed by atoms with van der Waals surface area (Å²) in [6, 6.07) is 1.67. The number of quaternary nitrogens is 1. The van der Waals surface area contributed by atoms with Crippen LogP contribution in [0, 0.1) is 5.92 Å². The van der Waals surface area contributed by atoms with Crippen LogP contribution in [0.5, 0.6) is 0 Å². The molecule has 0 aromatic carbocycles. The van der Waals surface area contributed by atoms with Crippen molar-refractivity contribution in [1.29, 1.82) is 0 Å². The summed E-state index contributed by atoms with van der Waals surface area (Å²) in [4.78, 5) is 11.6. The second kappa shape index (κ2) is 17.8. The highest BCUT2D eigenvalue weighted by molar-refractivity contribution is 5.66. The van der Waals surface area contributed by atoms with Crippen LogP contribution in [0.1, 0.15) is 142 Å². The zero-order valence-corrected chi connectivity index (χ0v) is 24.0. The number of unbranched alkanes of at least 4 members (excludes halogenated alkanes) is 13. The van der Waals surface area contributed by atoms with Crippen LogP contribution in [0.25, 0.3) is 0 Å². The number of nitrogens with zero attached hydrogens (tertiary/aromatic N) is 1. The van der Waals surface area contributed by atoms with Gasteiger partial charge in [-0.25, -0.2) is 0 Å². The highest BCUT2D eigenvalue weighted by Gasteiger charge is 2.48. The van der Waals surface area contributed by atoms with Crippen LogP contribution in [0.3, 0.4) is 0 Å². The number of esters is 1. The fourth-order valence-corrected chi connectivity index (χ4v) is 6.67. The average molecular weight is 495 g/mol. The molecule has 0 radical (unpaired) electrons. The largest absolute Gasteiger partial charge is 0.460 e. The fraction of sp³-hybridized carbons (Fsp3) is 0.968. The van der Waals surface area contributed by atoms with Crippen molar-refractivity contribution in [3.8, 4) is 0 Å². The smallest absolute Gasteiger partial charge is 0.302 e. The molecule has 4 heteroatoms. The Bertz CT molecular complexity index is 533. The zero-order valence-electron chi connectivity index (χ0n) is 24.0. The van der Waals surface area contributed by atoms with Crippen molar-refractivity contribution >= 4 is 5.97 Å². The number of hydrogen-bond donors (Lipinski definition) is 0. The Labute approximate surface area is 218 Å². The van der Waals surface area contributed by atoms with E-state index < -0.39 is 0 Å². The summed E-state index contributed by atoms with van der Waals surface area (Å²) in [5.74, 6) is 0.624. The predicted octanol–water partition coefficient (Wildman–Crippen LogP) is 8.21. The number of carbonyl (C=O) groups is 1. The van der Waals surface area contributed by atoms with Gasteiger partial charge in [-0.1, -0.05) is 90.4 Å². The highest BCUT2D eigenvalue weighted by atomic mass is 16.6. The third kappa shape index (κ3) is 12.5. The van der Waals surface area contributed by atoms with E-state index in [0.717, 1.165) is 37.5 Å². The molecule has 3 atom stereocenters. The van der Waals surface area contributed by atoms with Gasteiger partial charge in [0, 0.05) is 39.2 Å². The molecule has 2 rings (SSSR count). The Balaban J connectivity index is 1.43. The molecule has 2 aliphatic heterocycles. The van der Waals surface area contributed by atoms with Crippen LogP contribution in [0.15, 0.2) is 0 Å². The van der Waals surface area contributed by atoms with Gasteiger partial charge in [0.2, 0.25) is 0 Å². The summed E-state index contributed by atoms with van der Waals surface area (Å²) in [6.07, 6.45) is 26.8. The number of rotatable bonds is 21. The molecule has 0 aromatic rings. The van der Waals surface area contributed by atoms with Crippen molar-refractivity contribution in [1.82, 2.24) is 0 Å². The lowest BCUT2D eigenvalue weighted by Gasteiger charge is -2.44. The van der Waals surface area contributed by atoms with Crippen LogP contribution < -0.4 is 0 Å². The summed E-state index contributed by atoms with van der Waals surface area (Å²) >= 11 is 0. The van der Waals surface area contributed by atoms with Crippen molar-refractivity contribution < 1.29 is 18.8 Å². The molecule has 35 heavy (non-hydrogen) atoms. The minimum absolute atomic E-state index is 0.0683. The number of fused-ring (bicyclic) bond motifs is 2. The Morgan fingerprint density at radius 1 is 0.800 bits per heavy atom. The summed E-state index contributed by atoms with van der Waals surface area (Å²) in [6.45, 7) is 5.19. The van der Waals surface area contributed by atoms with Gasteiger partial charge >= 0.3 is 5.97 Å². The molecule has 4 nitrogen and oxygen atoms in total. The standard InChI is InChI=1S/C31H60NO3/c1-5-6-7-8-9-10-11-12-13-14-15-16-17-18-23-34-26-31(35-27(2)33)22-19-28-24-29-20-21-30(25-28)32(29,3)4/h28-31H,5-26H2,1-4H3/q+1. The molecule has 0 aromatic heterocycles. The van der Waals surface area contributed by atoms with Crippen molar-refractivity contribution in [2.75, 3.05) is 27.3 Å². The van der Waals surface area contributed by atoms with Gasteiger partial charge in [0.25, 0.3) is 0 Å². The molecule has 2 aliphatic rings. The van der Waals surface area contributed by atoms with Crippen molar-refractivity contribution in [2.45, 2.75) is 160 Å². The SMILES string of the molecule is CCCCCCCCCCCCCCCCOCC(CCC1CC2CCC(C1)[N+]2(C)C)OC(C)=O. The number of ether oxygens (including phenoxy) is 2. The van der Waals surface area contributed by atoms with Crippen LogP contribution in [0.4, 0.5) is 0 Å². The first-order valence-electron chi connectivity index (χ1n) is 15.5. The van der Waals surface area contributed by atoms with Crippen LogP contribution >= 0.6 is 0 Å². The summed E-state index contributed by atoms with van der Waals surface area (Å²) < 4.78 is 12.8. The molecule has 0 N–H and O–H groups in total. The van der Waals surface area contributed by atoms with E-state index in [1.807, 2.05) is 0 Å². The molecule has 2 fully saturated rings. The minimum Gasteiger partial charge on any atom is -0.460 e. The van der Waals surface area contributed by atoms with E-state index in [2.05, 4.69) is 21.0 Å². The van der Waals surface area contributed by atoms with Gasteiger partial charge in [-0.3, -0.25) is 4.79 Å².